The molecule has 2 aromatic carbocycles. The minimum atomic E-state index is -0.340. The lowest BCUT2D eigenvalue weighted by Crippen LogP contribution is -2.01. The molecule has 0 aliphatic heterocycles. The van der Waals surface area contributed by atoms with Crippen LogP contribution in [-0.2, 0) is 6.54 Å². The van der Waals surface area contributed by atoms with E-state index in [1.54, 1.807) is 6.07 Å². The minimum absolute atomic E-state index is 0.340. The molecular weight excluding hydrogens is 272 g/mol. The highest BCUT2D eigenvalue weighted by molar-refractivity contribution is 6.33. The third-order valence-corrected chi connectivity index (χ3v) is 3.25. The van der Waals surface area contributed by atoms with Gasteiger partial charge in [-0.25, -0.2) is 4.39 Å². The van der Waals surface area contributed by atoms with Crippen LogP contribution < -0.4 is 5.32 Å². The van der Waals surface area contributed by atoms with Crippen molar-refractivity contribution in [1.82, 2.24) is 0 Å². The molecule has 0 saturated carbocycles. The number of rotatable bonds is 3. The maximum absolute atomic E-state index is 12.9. The van der Waals surface area contributed by atoms with Gasteiger partial charge >= 0.3 is 0 Å². The van der Waals surface area contributed by atoms with E-state index >= 15 is 0 Å². The van der Waals surface area contributed by atoms with Gasteiger partial charge in [0.1, 0.15) is 5.82 Å². The zero-order chi connectivity index (χ0) is 13.1. The van der Waals surface area contributed by atoms with Crippen molar-refractivity contribution >= 4 is 28.9 Å². The van der Waals surface area contributed by atoms with Gasteiger partial charge in [0.2, 0.25) is 0 Å². The summed E-state index contributed by atoms with van der Waals surface area (Å²) in [5.41, 5.74) is 2.94. The number of halogens is 3. The number of nitrogens with one attached hydrogen (secondary N) is 1. The van der Waals surface area contributed by atoms with E-state index in [0.29, 0.717) is 17.3 Å². The van der Waals surface area contributed by atoms with Crippen LogP contribution in [-0.4, -0.2) is 0 Å². The van der Waals surface area contributed by atoms with E-state index in [1.807, 2.05) is 25.1 Å². The molecule has 0 spiro atoms. The van der Waals surface area contributed by atoms with Gasteiger partial charge < -0.3 is 5.32 Å². The molecule has 0 aliphatic carbocycles. The van der Waals surface area contributed by atoms with Gasteiger partial charge in [0.05, 0.1) is 10.7 Å². The summed E-state index contributed by atoms with van der Waals surface area (Å²) < 4.78 is 12.9. The fourth-order valence-electron chi connectivity index (χ4n) is 1.68. The highest BCUT2D eigenvalue weighted by atomic mass is 35.5. The molecule has 0 amide bonds. The molecule has 0 unspecified atom stereocenters. The first-order valence-electron chi connectivity index (χ1n) is 5.50. The molecular formula is C14H12Cl2FN. The van der Waals surface area contributed by atoms with E-state index in [-0.39, 0.29) is 5.82 Å². The quantitative estimate of drug-likeness (QED) is 0.831. The Labute approximate surface area is 116 Å². The fraction of sp³-hybridized carbons (Fsp3) is 0.143. The Morgan fingerprint density at radius 2 is 1.89 bits per heavy atom. The zero-order valence-corrected chi connectivity index (χ0v) is 11.3. The summed E-state index contributed by atoms with van der Waals surface area (Å²) in [6, 6.07) is 10.0. The Kier molecular flexibility index (Phi) is 4.10. The van der Waals surface area contributed by atoms with Crippen molar-refractivity contribution in [2.45, 2.75) is 13.5 Å². The molecule has 94 valence electrons. The van der Waals surface area contributed by atoms with Gasteiger partial charge in [-0.3, -0.25) is 0 Å². The topological polar surface area (TPSA) is 12.0 Å². The summed E-state index contributed by atoms with van der Waals surface area (Å²) in [7, 11) is 0. The fourth-order valence-corrected chi connectivity index (χ4v) is 2.14. The van der Waals surface area contributed by atoms with Crippen LogP contribution in [0.5, 0.6) is 0 Å². The van der Waals surface area contributed by atoms with Crippen molar-refractivity contribution in [1.29, 1.82) is 0 Å². The molecule has 0 saturated heterocycles. The SMILES string of the molecule is Cc1cc(Cl)ccc1CNc1ccc(F)cc1Cl. The lowest BCUT2D eigenvalue weighted by atomic mass is 10.1. The smallest absolute Gasteiger partial charge is 0.124 e. The molecule has 0 bridgehead atoms. The van der Waals surface area contributed by atoms with Crippen molar-refractivity contribution in [3.05, 3.63) is 63.4 Å². The molecule has 0 atom stereocenters. The maximum atomic E-state index is 12.9. The van der Waals surface area contributed by atoms with Gasteiger partial charge in [-0.2, -0.15) is 0 Å². The van der Waals surface area contributed by atoms with Crippen LogP contribution in [0.2, 0.25) is 10.0 Å². The highest BCUT2D eigenvalue weighted by Crippen LogP contribution is 2.24. The Morgan fingerprint density at radius 1 is 1.11 bits per heavy atom. The molecule has 18 heavy (non-hydrogen) atoms. The second-order valence-electron chi connectivity index (χ2n) is 4.05. The maximum Gasteiger partial charge on any atom is 0.124 e. The summed E-state index contributed by atoms with van der Waals surface area (Å²) >= 11 is 11.8. The van der Waals surface area contributed by atoms with Crippen LogP contribution in [0.15, 0.2) is 36.4 Å². The number of aryl methyl sites for hydroxylation is 1. The Bertz CT molecular complexity index is 518. The van der Waals surface area contributed by atoms with Gasteiger partial charge in [-0.15, -0.1) is 0 Å². The molecule has 1 N–H and O–H groups in total. The third-order valence-electron chi connectivity index (χ3n) is 2.71. The normalized spacial score (nSPS) is 10.4. The van der Waals surface area contributed by atoms with Crippen LogP contribution in [0.3, 0.4) is 0 Å². The number of hydrogen-bond acceptors (Lipinski definition) is 1. The second-order valence-corrected chi connectivity index (χ2v) is 4.89. The van der Waals surface area contributed by atoms with Crippen LogP contribution in [0.4, 0.5) is 10.1 Å². The Balaban J connectivity index is 2.11. The largest absolute Gasteiger partial charge is 0.380 e. The lowest BCUT2D eigenvalue weighted by Gasteiger charge is -2.10. The van der Waals surface area contributed by atoms with Gasteiger partial charge in [-0.05, 0) is 48.4 Å². The highest BCUT2D eigenvalue weighted by Gasteiger charge is 2.03. The van der Waals surface area contributed by atoms with E-state index in [2.05, 4.69) is 5.32 Å². The molecule has 2 rings (SSSR count). The van der Waals surface area contributed by atoms with E-state index in [4.69, 9.17) is 23.2 Å². The van der Waals surface area contributed by atoms with E-state index in [9.17, 15) is 4.39 Å². The Hall–Kier alpha value is -1.25. The molecule has 0 aromatic heterocycles. The predicted octanol–water partition coefficient (Wildman–Crippen LogP) is 5.05. The standard InChI is InChI=1S/C14H12Cl2FN/c1-9-6-11(15)3-2-10(9)8-18-14-5-4-12(17)7-13(14)16/h2-7,18H,8H2,1H3. The Morgan fingerprint density at radius 3 is 2.56 bits per heavy atom. The number of benzene rings is 2. The average Bonchev–Trinajstić information content (AvgIpc) is 2.30. The summed E-state index contributed by atoms with van der Waals surface area (Å²) in [5.74, 6) is -0.340. The summed E-state index contributed by atoms with van der Waals surface area (Å²) in [6.45, 7) is 2.61. The van der Waals surface area contributed by atoms with Crippen molar-refractivity contribution in [2.24, 2.45) is 0 Å². The summed E-state index contributed by atoms with van der Waals surface area (Å²) in [4.78, 5) is 0. The van der Waals surface area contributed by atoms with E-state index < -0.39 is 0 Å². The van der Waals surface area contributed by atoms with E-state index in [0.717, 1.165) is 16.1 Å². The van der Waals surface area contributed by atoms with Crippen LogP contribution in [0.1, 0.15) is 11.1 Å². The van der Waals surface area contributed by atoms with Gasteiger partial charge in [0.25, 0.3) is 0 Å². The summed E-state index contributed by atoms with van der Waals surface area (Å²) in [5, 5.41) is 4.27. The molecule has 0 aliphatic rings. The van der Waals surface area contributed by atoms with Gasteiger partial charge in [0.15, 0.2) is 0 Å². The summed E-state index contributed by atoms with van der Waals surface area (Å²) in [6.07, 6.45) is 0. The lowest BCUT2D eigenvalue weighted by molar-refractivity contribution is 0.628. The number of anilines is 1. The van der Waals surface area contributed by atoms with Gasteiger partial charge in [0, 0.05) is 11.6 Å². The van der Waals surface area contributed by atoms with Crippen LogP contribution in [0, 0.1) is 12.7 Å². The van der Waals surface area contributed by atoms with Crippen molar-refractivity contribution < 1.29 is 4.39 Å². The van der Waals surface area contributed by atoms with E-state index in [1.165, 1.54) is 12.1 Å². The van der Waals surface area contributed by atoms with Crippen LogP contribution in [0.25, 0.3) is 0 Å². The zero-order valence-electron chi connectivity index (χ0n) is 9.81. The number of hydrogen-bond donors (Lipinski definition) is 1. The third kappa shape index (κ3) is 3.15. The monoisotopic (exact) mass is 283 g/mol. The first kappa shape index (κ1) is 13.2. The van der Waals surface area contributed by atoms with Crippen molar-refractivity contribution in [2.75, 3.05) is 5.32 Å². The molecule has 0 fully saturated rings. The molecule has 2 aromatic rings. The molecule has 0 heterocycles. The first-order chi connectivity index (χ1) is 8.56. The molecule has 1 nitrogen and oxygen atoms in total. The molecule has 4 heteroatoms. The average molecular weight is 284 g/mol. The van der Waals surface area contributed by atoms with Crippen molar-refractivity contribution in [3.63, 3.8) is 0 Å². The van der Waals surface area contributed by atoms with Crippen LogP contribution >= 0.6 is 23.2 Å². The van der Waals surface area contributed by atoms with Gasteiger partial charge in [-0.1, -0.05) is 29.3 Å². The predicted molar refractivity (Wildman–Crippen MR) is 74.9 cm³/mol. The second kappa shape index (κ2) is 5.59. The first-order valence-corrected chi connectivity index (χ1v) is 6.26. The minimum Gasteiger partial charge on any atom is -0.380 e. The molecule has 0 radical (unpaired) electrons. The van der Waals surface area contributed by atoms with Crippen molar-refractivity contribution in [3.8, 4) is 0 Å².